The summed E-state index contributed by atoms with van der Waals surface area (Å²) < 4.78 is 0. The van der Waals surface area contributed by atoms with Gasteiger partial charge in [-0.05, 0) is 37.8 Å². The van der Waals surface area contributed by atoms with Gasteiger partial charge in [0.2, 0.25) is 0 Å². The fourth-order valence-corrected chi connectivity index (χ4v) is 0.266. The Bertz CT molecular complexity index is 140. The van der Waals surface area contributed by atoms with Crippen LogP contribution in [-0.4, -0.2) is 18.4 Å². The molecule has 7 nitrogen and oxygen atoms in total. The highest BCUT2D eigenvalue weighted by atomic mass is 17.6. The molecule has 0 spiro atoms. The minimum atomic E-state index is -1.23. The minimum absolute atomic E-state index is 0.240. The van der Waals surface area contributed by atoms with E-state index >= 15 is 0 Å². The van der Waals surface area contributed by atoms with Crippen molar-refractivity contribution < 1.29 is 34.4 Å². The summed E-state index contributed by atoms with van der Waals surface area (Å²) in [6.45, 7) is 6.75. The lowest BCUT2D eigenvalue weighted by molar-refractivity contribution is -0.537. The van der Waals surface area contributed by atoms with Crippen molar-refractivity contribution in [2.75, 3.05) is 0 Å². The van der Waals surface area contributed by atoms with E-state index in [0.29, 0.717) is 0 Å². The molecule has 0 aromatic carbocycles. The van der Waals surface area contributed by atoms with E-state index in [1.54, 1.807) is 27.7 Å². The third-order valence-corrected chi connectivity index (χ3v) is 0.668. The van der Waals surface area contributed by atoms with E-state index in [1.807, 2.05) is 0 Å². The number of hydrogen-bond acceptors (Lipinski definition) is 7. The van der Waals surface area contributed by atoms with Gasteiger partial charge in [0.15, 0.2) is 0 Å². The molecule has 0 saturated carbocycles. The lowest BCUT2D eigenvalue weighted by Gasteiger charge is -2.05. The van der Waals surface area contributed by atoms with Crippen molar-refractivity contribution in [3.8, 4) is 0 Å². The van der Waals surface area contributed by atoms with Gasteiger partial charge in [-0.3, -0.25) is 0 Å². The molecule has 14 heavy (non-hydrogen) atoms. The Morgan fingerprint density at radius 2 is 1.21 bits per heavy atom. The first-order valence-corrected chi connectivity index (χ1v) is 4.06. The van der Waals surface area contributed by atoms with Crippen molar-refractivity contribution in [1.82, 2.24) is 0 Å². The monoisotopic (exact) mass is 210 g/mol. The molecule has 0 aliphatic heterocycles. The molecule has 0 amide bonds. The van der Waals surface area contributed by atoms with Crippen LogP contribution in [0.4, 0.5) is 4.79 Å². The Kier molecular flexibility index (Phi) is 7.03. The second-order valence-corrected chi connectivity index (χ2v) is 2.84. The zero-order valence-corrected chi connectivity index (χ0v) is 8.51. The minimum Gasteiger partial charge on any atom is -0.226 e. The van der Waals surface area contributed by atoms with Crippen LogP contribution in [0.2, 0.25) is 0 Å². The van der Waals surface area contributed by atoms with Crippen LogP contribution < -0.4 is 0 Å². The molecular weight excluding hydrogens is 196 g/mol. The molecule has 7 heteroatoms. The molecule has 0 saturated heterocycles. The highest BCUT2D eigenvalue weighted by molar-refractivity contribution is 5.57. The molecule has 0 rings (SSSR count). The molecule has 0 radical (unpaired) electrons. The molecule has 0 aliphatic rings. The van der Waals surface area contributed by atoms with Gasteiger partial charge in [-0.2, -0.15) is 14.6 Å². The van der Waals surface area contributed by atoms with Gasteiger partial charge in [0, 0.05) is 0 Å². The van der Waals surface area contributed by atoms with Gasteiger partial charge in [0.05, 0.1) is 12.2 Å². The maximum absolute atomic E-state index is 10.6. The first kappa shape index (κ1) is 13.1. The van der Waals surface area contributed by atoms with Crippen molar-refractivity contribution in [3.05, 3.63) is 0 Å². The number of hydrogen-bond donors (Lipinski definition) is 0. The summed E-state index contributed by atoms with van der Waals surface area (Å²) in [5.41, 5.74) is 0. The molecule has 0 aromatic heterocycles. The molecule has 0 aromatic rings. The third kappa shape index (κ3) is 9.20. The zero-order valence-electron chi connectivity index (χ0n) is 8.51. The van der Waals surface area contributed by atoms with E-state index in [2.05, 4.69) is 29.6 Å². The fraction of sp³-hybridized carbons (Fsp3) is 0.857. The second-order valence-electron chi connectivity index (χ2n) is 2.84. The summed E-state index contributed by atoms with van der Waals surface area (Å²) in [6.07, 6.45) is -1.71. The van der Waals surface area contributed by atoms with Gasteiger partial charge < -0.3 is 0 Å². The van der Waals surface area contributed by atoms with Gasteiger partial charge in [-0.15, -0.1) is 0 Å². The van der Waals surface area contributed by atoms with Crippen molar-refractivity contribution >= 4 is 6.16 Å². The molecule has 0 fully saturated rings. The molecule has 0 atom stereocenters. The normalized spacial score (nSPS) is 10.7. The Hall–Kier alpha value is -0.890. The Morgan fingerprint density at radius 3 is 1.50 bits per heavy atom. The van der Waals surface area contributed by atoms with E-state index in [4.69, 9.17) is 0 Å². The Morgan fingerprint density at radius 1 is 0.857 bits per heavy atom. The van der Waals surface area contributed by atoms with Crippen LogP contribution in [0.25, 0.3) is 0 Å². The summed E-state index contributed by atoms with van der Waals surface area (Å²) >= 11 is 0. The molecule has 0 unspecified atom stereocenters. The van der Waals surface area contributed by atoms with E-state index < -0.39 is 6.16 Å². The third-order valence-electron chi connectivity index (χ3n) is 0.668. The van der Waals surface area contributed by atoms with Crippen LogP contribution in [0.3, 0.4) is 0 Å². The summed E-state index contributed by atoms with van der Waals surface area (Å²) in [6, 6.07) is 0. The first-order chi connectivity index (χ1) is 6.52. The summed E-state index contributed by atoms with van der Waals surface area (Å²) in [5.74, 6) is 0. The van der Waals surface area contributed by atoms with E-state index in [9.17, 15) is 4.79 Å². The topological polar surface area (TPSA) is 72.5 Å². The summed E-state index contributed by atoms with van der Waals surface area (Å²) in [7, 11) is 0. The maximum Gasteiger partial charge on any atom is 0.577 e. The highest BCUT2D eigenvalue weighted by Gasteiger charge is 2.09. The molecule has 0 aliphatic carbocycles. The molecule has 0 heterocycles. The predicted octanol–water partition coefficient (Wildman–Crippen LogP) is 1.68. The lowest BCUT2D eigenvalue weighted by Crippen LogP contribution is -2.13. The van der Waals surface area contributed by atoms with Crippen molar-refractivity contribution in [2.45, 2.75) is 39.9 Å². The van der Waals surface area contributed by atoms with Gasteiger partial charge in [-0.1, -0.05) is 0 Å². The first-order valence-electron chi connectivity index (χ1n) is 4.06. The van der Waals surface area contributed by atoms with E-state index in [-0.39, 0.29) is 12.2 Å². The highest BCUT2D eigenvalue weighted by Crippen LogP contribution is 1.95. The number of carbonyl (C=O) groups excluding carboxylic acids is 1. The molecule has 0 bridgehead atoms. The number of rotatable bonds is 6. The van der Waals surface area contributed by atoms with Gasteiger partial charge >= 0.3 is 6.16 Å². The summed E-state index contributed by atoms with van der Waals surface area (Å²) in [4.78, 5) is 27.3. The van der Waals surface area contributed by atoms with Crippen LogP contribution in [-0.2, 0) is 29.6 Å². The van der Waals surface area contributed by atoms with Crippen molar-refractivity contribution in [3.63, 3.8) is 0 Å². The molecular formula is C7H14O7. The maximum atomic E-state index is 10.6. The van der Waals surface area contributed by atoms with Crippen LogP contribution in [0.5, 0.6) is 0 Å². The van der Waals surface area contributed by atoms with Crippen molar-refractivity contribution in [2.24, 2.45) is 0 Å². The average molecular weight is 210 g/mol. The lowest BCUT2D eigenvalue weighted by atomic mass is 10.5. The largest absolute Gasteiger partial charge is 0.577 e. The van der Waals surface area contributed by atoms with Crippen LogP contribution >= 0.6 is 0 Å². The van der Waals surface area contributed by atoms with Crippen LogP contribution in [0.1, 0.15) is 27.7 Å². The molecule has 0 N–H and O–H groups in total. The fourth-order valence-electron chi connectivity index (χ4n) is 0.266. The van der Waals surface area contributed by atoms with Gasteiger partial charge in [0.1, 0.15) is 0 Å². The quantitative estimate of drug-likeness (QED) is 0.487. The van der Waals surface area contributed by atoms with E-state index in [0.717, 1.165) is 0 Å². The van der Waals surface area contributed by atoms with Crippen LogP contribution in [0.15, 0.2) is 0 Å². The Labute approximate surface area is 81.5 Å². The van der Waals surface area contributed by atoms with Gasteiger partial charge in [0.25, 0.3) is 0 Å². The predicted molar refractivity (Wildman–Crippen MR) is 42.2 cm³/mol. The number of carbonyl (C=O) groups is 1. The molecule has 84 valence electrons. The van der Waals surface area contributed by atoms with E-state index in [1.165, 1.54) is 0 Å². The summed E-state index contributed by atoms with van der Waals surface area (Å²) in [5, 5.41) is 8.01. The second kappa shape index (κ2) is 7.51. The zero-order chi connectivity index (χ0) is 11.0. The van der Waals surface area contributed by atoms with Crippen LogP contribution in [0, 0.1) is 0 Å². The standard InChI is InChI=1S/C7H14O7/c1-5(2)9-13-11-7(8)12-14-10-6(3)4/h5-6H,1-4H3. The smallest absolute Gasteiger partial charge is 0.226 e. The average Bonchev–Trinajstić information content (AvgIpc) is 2.02. The Balaban J connectivity index is 3.28. The van der Waals surface area contributed by atoms with Gasteiger partial charge in [-0.25, -0.2) is 9.78 Å². The van der Waals surface area contributed by atoms with Crippen molar-refractivity contribution in [1.29, 1.82) is 0 Å². The SMILES string of the molecule is CC(C)OOOC(=O)OOOC(C)C.